The SMILES string of the molecule is Nc1nc2cc(-c3nn(Cc4ccc5c(c4)CCN(C(=O)C4CCN(C6CCN(CCOCCC(=O)N7CCN(c8ncc(CNC(=O)CO)cn8)CC7)CC6)CC4)C5)c4ncnc(N)c34)ccc2o1. The monoisotopic (exact) mass is 955 g/mol. The molecule has 0 aliphatic carbocycles. The van der Waals surface area contributed by atoms with Crippen molar-refractivity contribution in [3.05, 3.63) is 77.4 Å². The number of carbonyl (C=O) groups excluding carboxylic acids is 3. The van der Waals surface area contributed by atoms with Gasteiger partial charge < -0.3 is 55.5 Å². The van der Waals surface area contributed by atoms with Crippen LogP contribution in [-0.2, 0) is 45.2 Å². The Bertz CT molecular complexity index is 2810. The van der Waals surface area contributed by atoms with Crippen LogP contribution in [0.4, 0.5) is 17.8 Å². The van der Waals surface area contributed by atoms with Crippen LogP contribution in [0.25, 0.3) is 33.4 Å². The second kappa shape index (κ2) is 21.0. The Morgan fingerprint density at radius 3 is 2.41 bits per heavy atom. The molecule has 368 valence electrons. The van der Waals surface area contributed by atoms with Gasteiger partial charge in [-0.1, -0.05) is 18.2 Å². The van der Waals surface area contributed by atoms with Crippen LogP contribution in [0.5, 0.6) is 0 Å². The van der Waals surface area contributed by atoms with Gasteiger partial charge in [0.25, 0.3) is 6.01 Å². The lowest BCUT2D eigenvalue weighted by molar-refractivity contribution is -0.138. The zero-order chi connectivity index (χ0) is 48.1. The average Bonchev–Trinajstić information content (AvgIpc) is 3.97. The van der Waals surface area contributed by atoms with Crippen LogP contribution in [-0.4, -0.2) is 168 Å². The number of nitrogens with two attached hydrogens (primary N) is 2. The third-order valence-corrected chi connectivity index (χ3v) is 14.4. The molecule has 0 radical (unpaired) electrons. The molecule has 10 rings (SSSR count). The van der Waals surface area contributed by atoms with Crippen LogP contribution >= 0.6 is 0 Å². The van der Waals surface area contributed by atoms with Gasteiger partial charge >= 0.3 is 0 Å². The lowest BCUT2D eigenvalue weighted by atomic mass is 9.91. The van der Waals surface area contributed by atoms with E-state index in [0.29, 0.717) is 111 Å². The van der Waals surface area contributed by atoms with Gasteiger partial charge in [0.2, 0.25) is 23.7 Å². The third kappa shape index (κ3) is 10.5. The number of ether oxygens (including phenoxy) is 1. The van der Waals surface area contributed by atoms with E-state index >= 15 is 0 Å². The van der Waals surface area contributed by atoms with Crippen LogP contribution in [0.3, 0.4) is 0 Å². The minimum absolute atomic E-state index is 0.0603. The summed E-state index contributed by atoms with van der Waals surface area (Å²) in [5.74, 6) is 0.936. The normalized spacial score (nSPS) is 17.6. The van der Waals surface area contributed by atoms with E-state index in [1.54, 1.807) is 12.4 Å². The molecule has 3 saturated heterocycles. The molecule has 0 bridgehead atoms. The number of fused-ring (bicyclic) bond motifs is 3. The van der Waals surface area contributed by atoms with Crippen LogP contribution < -0.4 is 21.7 Å². The van der Waals surface area contributed by atoms with Crippen molar-refractivity contribution in [2.75, 3.05) is 102 Å². The molecule has 8 heterocycles. The highest BCUT2D eigenvalue weighted by Crippen LogP contribution is 2.34. The Morgan fingerprint density at radius 1 is 0.829 bits per heavy atom. The number of aromatic nitrogens is 7. The van der Waals surface area contributed by atoms with Crippen molar-refractivity contribution in [1.29, 1.82) is 0 Å². The summed E-state index contributed by atoms with van der Waals surface area (Å²) in [6.45, 7) is 9.86. The number of carbonyl (C=O) groups is 3. The number of benzene rings is 2. The minimum atomic E-state index is -0.556. The Kier molecular flexibility index (Phi) is 14.1. The van der Waals surface area contributed by atoms with Gasteiger partial charge in [-0.05, 0) is 93.2 Å². The summed E-state index contributed by atoms with van der Waals surface area (Å²) in [5, 5.41) is 17.1. The molecule has 6 N–H and O–H groups in total. The van der Waals surface area contributed by atoms with Gasteiger partial charge in [-0.3, -0.25) is 14.4 Å². The van der Waals surface area contributed by atoms with E-state index in [1.807, 2.05) is 32.7 Å². The second-order valence-electron chi connectivity index (χ2n) is 18.8. The number of oxazole rings is 1. The van der Waals surface area contributed by atoms with Crippen molar-refractivity contribution in [3.63, 3.8) is 0 Å². The average molecular weight is 956 g/mol. The van der Waals surface area contributed by atoms with Gasteiger partial charge in [-0.2, -0.15) is 10.1 Å². The Hall–Kier alpha value is -6.81. The quantitative estimate of drug-likeness (QED) is 0.107. The van der Waals surface area contributed by atoms with E-state index < -0.39 is 12.5 Å². The minimum Gasteiger partial charge on any atom is -0.424 e. The highest BCUT2D eigenvalue weighted by atomic mass is 16.5. The number of nitrogen functional groups attached to an aromatic ring is 2. The molecule has 2 aromatic carbocycles. The van der Waals surface area contributed by atoms with Gasteiger partial charge in [0.15, 0.2) is 11.2 Å². The molecule has 21 heteroatoms. The van der Waals surface area contributed by atoms with Gasteiger partial charge in [-0.25, -0.2) is 24.6 Å². The molecule has 0 saturated carbocycles. The van der Waals surface area contributed by atoms with Crippen LogP contribution in [0, 0.1) is 5.92 Å². The van der Waals surface area contributed by atoms with Crippen molar-refractivity contribution in [2.24, 2.45) is 5.92 Å². The Labute approximate surface area is 405 Å². The van der Waals surface area contributed by atoms with Crippen molar-refractivity contribution in [2.45, 2.75) is 64.2 Å². The van der Waals surface area contributed by atoms with Crippen LogP contribution in [0.15, 0.2) is 59.5 Å². The number of rotatable bonds is 15. The topological polar surface area (TPSA) is 256 Å². The first-order valence-electron chi connectivity index (χ1n) is 24.4. The molecule has 21 nitrogen and oxygen atoms in total. The first-order valence-corrected chi connectivity index (χ1v) is 24.4. The number of anilines is 3. The van der Waals surface area contributed by atoms with Gasteiger partial charge in [0, 0.05) is 87.8 Å². The summed E-state index contributed by atoms with van der Waals surface area (Å²) in [6, 6.07) is 12.8. The molecule has 6 aromatic rings. The standard InChI is InChI=1S/C49H61N15O6/c50-45-43-44(36-3-4-40-39(24-36)57-48(51)70-40)58-64(46(43)56-31-55-45)28-32-1-2-37-29-63(15-7-35(37)23-32)47(68)34-5-13-60(14-6-34)38-8-11-59(12-9-38)20-22-69-21-10-42(67)61-16-18-62(19-17-61)49-53-26-33(27-54-49)25-52-41(66)30-65/h1-4,23-24,26-27,31,34,38,65H,5-22,25,28-30H2,(H2,51,57)(H,52,66)(H2,50,55,56). The summed E-state index contributed by atoms with van der Waals surface area (Å²) in [4.78, 5) is 71.1. The van der Waals surface area contributed by atoms with Crippen molar-refractivity contribution < 1.29 is 28.6 Å². The summed E-state index contributed by atoms with van der Waals surface area (Å²) < 4.78 is 13.3. The number of nitrogens with one attached hydrogen (secondary N) is 1. The summed E-state index contributed by atoms with van der Waals surface area (Å²) >= 11 is 0. The highest BCUT2D eigenvalue weighted by molar-refractivity contribution is 5.99. The fourth-order valence-electron chi connectivity index (χ4n) is 10.4. The first kappa shape index (κ1) is 46.9. The predicted octanol–water partition coefficient (Wildman–Crippen LogP) is 2.06. The summed E-state index contributed by atoms with van der Waals surface area (Å²) in [5.41, 5.74) is 19.8. The molecular formula is C49H61N15O6. The molecule has 3 amide bonds. The second-order valence-corrected chi connectivity index (χ2v) is 18.8. The zero-order valence-electron chi connectivity index (χ0n) is 39.4. The molecular weight excluding hydrogens is 895 g/mol. The van der Waals surface area contributed by atoms with E-state index in [2.05, 4.69) is 63.1 Å². The van der Waals surface area contributed by atoms with E-state index in [-0.39, 0.29) is 30.3 Å². The fraction of sp³-hybridized carbons (Fsp3) is 0.490. The zero-order valence-corrected chi connectivity index (χ0v) is 39.4. The first-order chi connectivity index (χ1) is 34.1. The maximum atomic E-state index is 13.9. The number of amides is 3. The van der Waals surface area contributed by atoms with Crippen molar-refractivity contribution in [3.8, 4) is 11.3 Å². The maximum absolute atomic E-state index is 13.9. The van der Waals surface area contributed by atoms with Gasteiger partial charge in [0.1, 0.15) is 30.0 Å². The molecule has 3 fully saturated rings. The number of likely N-dealkylation sites (tertiary alicyclic amines) is 2. The third-order valence-electron chi connectivity index (χ3n) is 14.4. The van der Waals surface area contributed by atoms with Gasteiger partial charge in [0.05, 0.1) is 31.6 Å². The molecule has 70 heavy (non-hydrogen) atoms. The van der Waals surface area contributed by atoms with Crippen LogP contribution in [0.2, 0.25) is 0 Å². The number of nitrogens with zero attached hydrogens (tertiary/aromatic N) is 12. The maximum Gasteiger partial charge on any atom is 0.292 e. The predicted molar refractivity (Wildman–Crippen MR) is 261 cm³/mol. The largest absolute Gasteiger partial charge is 0.424 e. The summed E-state index contributed by atoms with van der Waals surface area (Å²) in [6.07, 6.45) is 9.98. The van der Waals surface area contributed by atoms with Crippen molar-refractivity contribution >= 4 is 57.6 Å². The van der Waals surface area contributed by atoms with Gasteiger partial charge in [-0.15, -0.1) is 0 Å². The fourth-order valence-corrected chi connectivity index (χ4v) is 10.4. The summed E-state index contributed by atoms with van der Waals surface area (Å²) in [7, 11) is 0. The van der Waals surface area contributed by atoms with E-state index in [1.165, 1.54) is 17.5 Å². The Balaban J connectivity index is 0.619. The van der Waals surface area contributed by atoms with E-state index in [4.69, 9.17) is 30.8 Å². The van der Waals surface area contributed by atoms with E-state index in [9.17, 15) is 14.4 Å². The van der Waals surface area contributed by atoms with Crippen LogP contribution in [0.1, 0.15) is 54.4 Å². The number of hydrogen-bond donors (Lipinski definition) is 4. The van der Waals surface area contributed by atoms with E-state index in [0.717, 1.165) is 81.5 Å². The molecule has 0 unspecified atom stereocenters. The number of aliphatic hydroxyl groups is 1. The number of hydrogen-bond acceptors (Lipinski definition) is 17. The lowest BCUT2D eigenvalue weighted by Gasteiger charge is -2.42. The molecule has 0 atom stereocenters. The Morgan fingerprint density at radius 2 is 1.63 bits per heavy atom. The smallest absolute Gasteiger partial charge is 0.292 e. The molecule has 4 aromatic heterocycles. The molecule has 4 aliphatic heterocycles. The number of aliphatic hydroxyl groups excluding tert-OH is 1. The lowest BCUT2D eigenvalue weighted by Crippen LogP contribution is -2.50. The number of piperidine rings is 2. The van der Waals surface area contributed by atoms with Crippen molar-refractivity contribution in [1.82, 2.24) is 59.6 Å². The number of piperazine rings is 1. The highest BCUT2D eigenvalue weighted by Gasteiger charge is 2.34. The molecule has 4 aliphatic rings. The molecule has 0 spiro atoms.